The predicted molar refractivity (Wildman–Crippen MR) is 127 cm³/mol. The first-order valence-corrected chi connectivity index (χ1v) is 13.0. The number of carbonyl (C=O) groups is 1. The smallest absolute Gasteiger partial charge is 0.434 e. The summed E-state index contributed by atoms with van der Waals surface area (Å²) in [5, 5.41) is -0.0563. The van der Waals surface area contributed by atoms with Gasteiger partial charge in [0.25, 0.3) is 10.0 Å². The largest absolute Gasteiger partial charge is 0.443 e. The Kier molecular flexibility index (Phi) is 6.73. The molecule has 0 saturated carbocycles. The van der Waals surface area contributed by atoms with Gasteiger partial charge >= 0.3 is 6.18 Å². The number of alkyl halides is 3. The number of ketones is 1. The Morgan fingerprint density at radius 2 is 1.89 bits per heavy atom. The molecule has 1 unspecified atom stereocenters. The van der Waals surface area contributed by atoms with Crippen LogP contribution < -0.4 is 0 Å². The molecule has 0 amide bonds. The van der Waals surface area contributed by atoms with E-state index in [0.717, 1.165) is 16.6 Å². The van der Waals surface area contributed by atoms with Crippen LogP contribution in [0.4, 0.5) is 17.6 Å². The van der Waals surface area contributed by atoms with Gasteiger partial charge in [-0.05, 0) is 49.6 Å². The molecule has 38 heavy (non-hydrogen) atoms. The molecule has 0 bridgehead atoms. The maximum atomic E-state index is 13.5. The number of nitrogens with zero attached hydrogens (tertiary/aromatic N) is 4. The second-order valence-corrected chi connectivity index (χ2v) is 10.6. The monoisotopic (exact) mass is 548 g/mol. The second kappa shape index (κ2) is 9.87. The van der Waals surface area contributed by atoms with Crippen molar-refractivity contribution < 1.29 is 35.2 Å². The number of aryl methyl sites for hydroxylation is 1. The van der Waals surface area contributed by atoms with Gasteiger partial charge in [0.2, 0.25) is 5.09 Å². The molecule has 8 nitrogen and oxygen atoms in total. The molecule has 0 spiro atoms. The van der Waals surface area contributed by atoms with Crippen LogP contribution in [-0.4, -0.2) is 46.0 Å². The van der Waals surface area contributed by atoms with Gasteiger partial charge in [0, 0.05) is 41.9 Å². The summed E-state index contributed by atoms with van der Waals surface area (Å²) < 4.78 is 84.8. The summed E-state index contributed by atoms with van der Waals surface area (Å²) in [7, 11) is -4.13. The third-order valence-corrected chi connectivity index (χ3v) is 8.04. The van der Waals surface area contributed by atoms with Crippen molar-refractivity contribution in [3.05, 3.63) is 72.2 Å². The van der Waals surface area contributed by atoms with E-state index in [2.05, 4.69) is 15.0 Å². The molecule has 3 aromatic heterocycles. The third-order valence-electron chi connectivity index (χ3n) is 6.28. The number of Topliss-reactive ketones (excluding diaryl/α,β-unsaturated/α-hetero) is 1. The molecule has 1 aromatic carbocycles. The molecule has 1 aliphatic rings. The van der Waals surface area contributed by atoms with E-state index in [0.29, 0.717) is 35.7 Å². The molecular formula is C25H20F4N4O4S. The fourth-order valence-corrected chi connectivity index (χ4v) is 6.03. The molecule has 0 radical (unpaired) electrons. The lowest BCUT2D eigenvalue weighted by molar-refractivity contribution is -0.141. The van der Waals surface area contributed by atoms with Crippen LogP contribution >= 0.6 is 0 Å². The lowest BCUT2D eigenvalue weighted by Crippen LogP contribution is -2.40. The predicted octanol–water partition coefficient (Wildman–Crippen LogP) is 4.80. The summed E-state index contributed by atoms with van der Waals surface area (Å²) in [6.07, 6.45) is -0.462. The number of rotatable bonds is 7. The van der Waals surface area contributed by atoms with E-state index in [9.17, 15) is 30.8 Å². The minimum atomic E-state index is -4.60. The zero-order valence-electron chi connectivity index (χ0n) is 19.7. The van der Waals surface area contributed by atoms with Crippen molar-refractivity contribution in [2.24, 2.45) is 0 Å². The van der Waals surface area contributed by atoms with E-state index in [1.54, 1.807) is 12.1 Å². The molecule has 0 N–H and O–H groups in total. The quantitative estimate of drug-likeness (QED) is 0.306. The van der Waals surface area contributed by atoms with E-state index < -0.39 is 33.8 Å². The highest BCUT2D eigenvalue weighted by Gasteiger charge is 2.40. The van der Waals surface area contributed by atoms with Crippen LogP contribution in [0.15, 0.2) is 64.5 Å². The van der Waals surface area contributed by atoms with Crippen LogP contribution in [0.2, 0.25) is 0 Å². The molecule has 1 fully saturated rings. The first-order valence-electron chi connectivity index (χ1n) is 11.6. The van der Waals surface area contributed by atoms with Gasteiger partial charge in [0.15, 0.2) is 11.5 Å². The molecule has 4 aromatic rings. The number of hydrogen-bond acceptors (Lipinski definition) is 7. The Balaban J connectivity index is 1.28. The van der Waals surface area contributed by atoms with Crippen LogP contribution in [-0.2, 0) is 27.4 Å². The molecule has 5 rings (SSSR count). The number of benzene rings is 1. The summed E-state index contributed by atoms with van der Waals surface area (Å²) in [6.45, 7) is 0.143. The maximum Gasteiger partial charge on any atom is 0.434 e. The Morgan fingerprint density at radius 3 is 2.63 bits per heavy atom. The molecule has 4 heterocycles. The van der Waals surface area contributed by atoms with Crippen molar-refractivity contribution in [1.82, 2.24) is 19.3 Å². The number of halogens is 4. The van der Waals surface area contributed by atoms with E-state index >= 15 is 0 Å². The number of sulfonamides is 1. The van der Waals surface area contributed by atoms with Crippen LogP contribution in [0.25, 0.3) is 22.2 Å². The van der Waals surface area contributed by atoms with Gasteiger partial charge in [-0.15, -0.1) is 0 Å². The van der Waals surface area contributed by atoms with E-state index in [4.69, 9.17) is 4.42 Å². The number of pyridine rings is 1. The summed E-state index contributed by atoms with van der Waals surface area (Å²) in [4.78, 5) is 24.5. The Labute approximate surface area is 214 Å². The molecule has 1 saturated heterocycles. The summed E-state index contributed by atoms with van der Waals surface area (Å²) in [6, 6.07) is 7.20. The minimum Gasteiger partial charge on any atom is -0.443 e. The highest BCUT2D eigenvalue weighted by atomic mass is 32.2. The second-order valence-electron chi connectivity index (χ2n) is 8.81. The molecule has 198 valence electrons. The normalized spacial score (nSPS) is 16.8. The zero-order chi connectivity index (χ0) is 27.1. The molecule has 13 heteroatoms. The van der Waals surface area contributed by atoms with Crippen LogP contribution in [0, 0.1) is 5.82 Å². The Bertz CT molecular complexity index is 1600. The SMILES string of the molecule is O=C(CCc1cc(-c2cnc(C(F)(F)F)cn2)ccn1)C1CCCN1S(=O)(=O)c1cc2cc(F)ccc2o1. The summed E-state index contributed by atoms with van der Waals surface area (Å²) in [5.41, 5.74) is 0.300. The van der Waals surface area contributed by atoms with Gasteiger partial charge < -0.3 is 4.42 Å². The van der Waals surface area contributed by atoms with Crippen molar-refractivity contribution >= 4 is 26.8 Å². The van der Waals surface area contributed by atoms with Gasteiger partial charge in [-0.25, -0.2) is 17.8 Å². The molecule has 0 aliphatic carbocycles. The fraction of sp³-hybridized carbons (Fsp3) is 0.280. The summed E-state index contributed by atoms with van der Waals surface area (Å²) in [5.74, 6) is -0.825. The van der Waals surface area contributed by atoms with Gasteiger partial charge in [-0.1, -0.05) is 0 Å². The highest BCUT2D eigenvalue weighted by molar-refractivity contribution is 7.89. The lowest BCUT2D eigenvalue weighted by atomic mass is 10.0. The lowest BCUT2D eigenvalue weighted by Gasteiger charge is -2.21. The van der Waals surface area contributed by atoms with E-state index in [1.807, 2.05) is 0 Å². The van der Waals surface area contributed by atoms with Gasteiger partial charge in [0.05, 0.1) is 24.1 Å². The average molecular weight is 549 g/mol. The fourth-order valence-electron chi connectivity index (χ4n) is 4.40. The van der Waals surface area contributed by atoms with Crippen molar-refractivity contribution in [3.63, 3.8) is 0 Å². The minimum absolute atomic E-state index is 0.00281. The van der Waals surface area contributed by atoms with Crippen molar-refractivity contribution in [2.45, 2.75) is 43.0 Å². The van der Waals surface area contributed by atoms with Crippen molar-refractivity contribution in [2.75, 3.05) is 6.54 Å². The van der Waals surface area contributed by atoms with Crippen molar-refractivity contribution in [3.8, 4) is 11.3 Å². The molecule has 1 atom stereocenters. The van der Waals surface area contributed by atoms with Gasteiger partial charge in [-0.3, -0.25) is 14.8 Å². The van der Waals surface area contributed by atoms with Crippen LogP contribution in [0.3, 0.4) is 0 Å². The third kappa shape index (κ3) is 5.16. The first-order chi connectivity index (χ1) is 18.0. The standard InChI is InChI=1S/C25H20F4N4O4S/c26-17-3-6-22-16(10-17)12-24(37-22)38(35,36)33-9-1-2-20(33)21(34)5-4-18-11-15(7-8-30-18)19-13-32-23(14-31-19)25(27,28)29/h3,6-8,10-14,20H,1-2,4-5,9H2. The number of aromatic nitrogens is 3. The Hall–Kier alpha value is -3.71. The molecular weight excluding hydrogens is 528 g/mol. The average Bonchev–Trinajstić information content (AvgIpc) is 3.55. The topological polar surface area (TPSA) is 106 Å². The number of furan rings is 1. The number of carbonyl (C=O) groups excluding carboxylic acids is 1. The number of fused-ring (bicyclic) bond motifs is 1. The Morgan fingerprint density at radius 1 is 1.08 bits per heavy atom. The van der Waals surface area contributed by atoms with Crippen LogP contribution in [0.5, 0.6) is 0 Å². The summed E-state index contributed by atoms with van der Waals surface area (Å²) >= 11 is 0. The highest BCUT2D eigenvalue weighted by Crippen LogP contribution is 2.32. The number of hydrogen-bond donors (Lipinski definition) is 0. The zero-order valence-corrected chi connectivity index (χ0v) is 20.5. The van der Waals surface area contributed by atoms with E-state index in [1.165, 1.54) is 24.4 Å². The first kappa shape index (κ1) is 25.9. The van der Waals surface area contributed by atoms with Gasteiger partial charge in [-0.2, -0.15) is 17.5 Å². The van der Waals surface area contributed by atoms with Gasteiger partial charge in [0.1, 0.15) is 11.4 Å². The molecule has 1 aliphatic heterocycles. The van der Waals surface area contributed by atoms with Crippen LogP contribution in [0.1, 0.15) is 30.7 Å². The van der Waals surface area contributed by atoms with E-state index in [-0.39, 0.29) is 41.5 Å². The van der Waals surface area contributed by atoms with Crippen molar-refractivity contribution in [1.29, 1.82) is 0 Å². The maximum absolute atomic E-state index is 13.5.